The number of aryl methyl sites for hydroxylation is 1. The highest BCUT2D eigenvalue weighted by Gasteiger charge is 2.19. The van der Waals surface area contributed by atoms with E-state index >= 15 is 0 Å². The largest absolute Gasteiger partial charge is 0.480 e. The lowest BCUT2D eigenvalue weighted by Gasteiger charge is -2.18. The Hall–Kier alpha value is -2.08. The smallest absolute Gasteiger partial charge is 0.240 e. The Morgan fingerprint density at radius 1 is 1.33 bits per heavy atom. The van der Waals surface area contributed by atoms with Crippen molar-refractivity contribution in [3.63, 3.8) is 0 Å². The van der Waals surface area contributed by atoms with E-state index in [1.54, 1.807) is 26.7 Å². The number of hydrogen-bond donors (Lipinski definition) is 1. The fraction of sp³-hybridized carbons (Fsp3) is 0.467. The summed E-state index contributed by atoms with van der Waals surface area (Å²) in [5.41, 5.74) is 0.784. The van der Waals surface area contributed by atoms with Gasteiger partial charge in [-0.25, -0.2) is 4.98 Å². The number of ether oxygens (including phenoxy) is 2. The van der Waals surface area contributed by atoms with Gasteiger partial charge in [-0.3, -0.25) is 0 Å². The number of furan rings is 1. The van der Waals surface area contributed by atoms with E-state index in [0.717, 1.165) is 30.8 Å². The number of aromatic nitrogens is 2. The minimum atomic E-state index is 0.0495. The van der Waals surface area contributed by atoms with Crippen LogP contribution < -0.4 is 14.8 Å². The summed E-state index contributed by atoms with van der Waals surface area (Å²) < 4.78 is 15.8. The molecule has 0 aliphatic rings. The summed E-state index contributed by atoms with van der Waals surface area (Å²) >= 11 is 0. The van der Waals surface area contributed by atoms with Gasteiger partial charge in [-0.2, -0.15) is 4.98 Å². The summed E-state index contributed by atoms with van der Waals surface area (Å²) in [4.78, 5) is 8.72. The first-order valence-corrected chi connectivity index (χ1v) is 6.99. The number of rotatable bonds is 8. The van der Waals surface area contributed by atoms with Crippen LogP contribution in [0.5, 0.6) is 11.8 Å². The van der Waals surface area contributed by atoms with Crippen LogP contribution in [-0.4, -0.2) is 30.7 Å². The average Bonchev–Trinajstić information content (AvgIpc) is 3.04. The highest BCUT2D eigenvalue weighted by atomic mass is 16.5. The van der Waals surface area contributed by atoms with Crippen molar-refractivity contribution in [2.24, 2.45) is 0 Å². The van der Waals surface area contributed by atoms with E-state index in [4.69, 9.17) is 13.9 Å². The van der Waals surface area contributed by atoms with Crippen molar-refractivity contribution in [1.29, 1.82) is 0 Å². The standard InChI is InChI=1S/C15H21N3O3/c1-4-16-12(8-7-11-6-5-9-21-11)14-15(20-3)18-13(19-2)10-17-14/h5-6,9-10,12,16H,4,7-8H2,1-3H3. The molecular formula is C15H21N3O3. The molecule has 0 saturated heterocycles. The van der Waals surface area contributed by atoms with Gasteiger partial charge in [-0.1, -0.05) is 6.92 Å². The first-order valence-electron chi connectivity index (χ1n) is 6.99. The van der Waals surface area contributed by atoms with E-state index in [9.17, 15) is 0 Å². The molecular weight excluding hydrogens is 270 g/mol. The molecule has 2 rings (SSSR count). The second-order valence-electron chi connectivity index (χ2n) is 4.54. The van der Waals surface area contributed by atoms with Gasteiger partial charge in [0, 0.05) is 6.42 Å². The third-order valence-electron chi connectivity index (χ3n) is 3.19. The van der Waals surface area contributed by atoms with Gasteiger partial charge < -0.3 is 19.2 Å². The first-order chi connectivity index (χ1) is 10.3. The van der Waals surface area contributed by atoms with Crippen molar-refractivity contribution >= 4 is 0 Å². The summed E-state index contributed by atoms with van der Waals surface area (Å²) in [5, 5.41) is 3.41. The quantitative estimate of drug-likeness (QED) is 0.805. The van der Waals surface area contributed by atoms with Crippen molar-refractivity contribution in [2.45, 2.75) is 25.8 Å². The zero-order valence-electron chi connectivity index (χ0n) is 12.6. The molecule has 2 aromatic rings. The van der Waals surface area contributed by atoms with Gasteiger partial charge >= 0.3 is 0 Å². The second-order valence-corrected chi connectivity index (χ2v) is 4.54. The van der Waals surface area contributed by atoms with E-state index in [0.29, 0.717) is 11.8 Å². The van der Waals surface area contributed by atoms with Crippen molar-refractivity contribution in [3.05, 3.63) is 36.0 Å². The Bertz CT molecular complexity index is 543. The molecule has 2 heterocycles. The van der Waals surface area contributed by atoms with E-state index in [1.165, 1.54) is 0 Å². The normalized spacial score (nSPS) is 12.1. The maximum absolute atomic E-state index is 5.38. The molecule has 0 aromatic carbocycles. The molecule has 0 radical (unpaired) electrons. The third kappa shape index (κ3) is 3.95. The van der Waals surface area contributed by atoms with E-state index in [-0.39, 0.29) is 6.04 Å². The maximum atomic E-state index is 5.38. The van der Waals surface area contributed by atoms with Crippen LogP contribution in [0.25, 0.3) is 0 Å². The molecule has 1 N–H and O–H groups in total. The molecule has 21 heavy (non-hydrogen) atoms. The van der Waals surface area contributed by atoms with Crippen LogP contribution in [0.1, 0.15) is 30.8 Å². The molecule has 0 aliphatic heterocycles. The minimum Gasteiger partial charge on any atom is -0.480 e. The zero-order valence-corrected chi connectivity index (χ0v) is 12.6. The number of methoxy groups -OCH3 is 2. The molecule has 2 aromatic heterocycles. The van der Waals surface area contributed by atoms with Crippen molar-refractivity contribution in [1.82, 2.24) is 15.3 Å². The number of nitrogens with one attached hydrogen (secondary N) is 1. The molecule has 1 atom stereocenters. The van der Waals surface area contributed by atoms with Crippen LogP contribution in [0.3, 0.4) is 0 Å². The van der Waals surface area contributed by atoms with Crippen molar-refractivity contribution in [2.75, 3.05) is 20.8 Å². The van der Waals surface area contributed by atoms with Crippen LogP contribution in [0, 0.1) is 0 Å². The van der Waals surface area contributed by atoms with Crippen molar-refractivity contribution in [3.8, 4) is 11.8 Å². The molecule has 0 amide bonds. The second kappa shape index (κ2) is 7.64. The fourth-order valence-corrected chi connectivity index (χ4v) is 2.18. The third-order valence-corrected chi connectivity index (χ3v) is 3.19. The predicted octanol–water partition coefficient (Wildman–Crippen LogP) is 2.37. The molecule has 114 valence electrons. The monoisotopic (exact) mass is 291 g/mol. The Balaban J connectivity index is 2.16. The highest BCUT2D eigenvalue weighted by molar-refractivity contribution is 5.26. The van der Waals surface area contributed by atoms with E-state index in [2.05, 4.69) is 22.2 Å². The summed E-state index contributed by atoms with van der Waals surface area (Å²) in [6.07, 6.45) is 4.96. The van der Waals surface area contributed by atoms with Gasteiger partial charge in [0.25, 0.3) is 0 Å². The first kappa shape index (κ1) is 15.3. The Morgan fingerprint density at radius 3 is 2.81 bits per heavy atom. The molecule has 0 aliphatic carbocycles. The molecule has 0 spiro atoms. The lowest BCUT2D eigenvalue weighted by molar-refractivity contribution is 0.346. The van der Waals surface area contributed by atoms with Crippen LogP contribution in [0.15, 0.2) is 29.0 Å². The molecule has 6 heteroatoms. The van der Waals surface area contributed by atoms with Gasteiger partial charge in [0.2, 0.25) is 11.8 Å². The topological polar surface area (TPSA) is 69.4 Å². The summed E-state index contributed by atoms with van der Waals surface area (Å²) in [7, 11) is 3.14. The minimum absolute atomic E-state index is 0.0495. The van der Waals surface area contributed by atoms with Crippen LogP contribution in [0.2, 0.25) is 0 Å². The molecule has 6 nitrogen and oxygen atoms in total. The van der Waals surface area contributed by atoms with E-state index < -0.39 is 0 Å². The summed E-state index contributed by atoms with van der Waals surface area (Å²) in [6.45, 7) is 2.89. The number of hydrogen-bond acceptors (Lipinski definition) is 6. The number of nitrogens with zero attached hydrogens (tertiary/aromatic N) is 2. The maximum Gasteiger partial charge on any atom is 0.240 e. The van der Waals surface area contributed by atoms with Gasteiger partial charge in [0.1, 0.15) is 11.5 Å². The molecule has 0 bridgehead atoms. The molecule has 0 saturated carbocycles. The molecule has 1 unspecified atom stereocenters. The zero-order chi connectivity index (χ0) is 15.1. The van der Waals surface area contributed by atoms with Crippen LogP contribution in [-0.2, 0) is 6.42 Å². The van der Waals surface area contributed by atoms with Gasteiger partial charge in [0.05, 0.1) is 32.7 Å². The van der Waals surface area contributed by atoms with Crippen LogP contribution >= 0.6 is 0 Å². The highest BCUT2D eigenvalue weighted by Crippen LogP contribution is 2.26. The summed E-state index contributed by atoms with van der Waals surface area (Å²) in [6, 6.07) is 3.92. The lowest BCUT2D eigenvalue weighted by Crippen LogP contribution is -2.23. The Morgan fingerprint density at radius 2 is 2.19 bits per heavy atom. The summed E-state index contributed by atoms with van der Waals surface area (Å²) in [5.74, 6) is 1.88. The molecule has 0 fully saturated rings. The van der Waals surface area contributed by atoms with Crippen LogP contribution in [0.4, 0.5) is 0 Å². The van der Waals surface area contributed by atoms with Gasteiger partial charge in [-0.05, 0) is 25.1 Å². The fourth-order valence-electron chi connectivity index (χ4n) is 2.18. The average molecular weight is 291 g/mol. The van der Waals surface area contributed by atoms with Gasteiger partial charge in [-0.15, -0.1) is 0 Å². The SMILES string of the molecule is CCNC(CCc1ccco1)c1ncc(OC)nc1OC. The predicted molar refractivity (Wildman–Crippen MR) is 78.6 cm³/mol. The lowest BCUT2D eigenvalue weighted by atomic mass is 10.1. The van der Waals surface area contributed by atoms with Crippen molar-refractivity contribution < 1.29 is 13.9 Å². The van der Waals surface area contributed by atoms with E-state index in [1.807, 2.05) is 12.1 Å². The van der Waals surface area contributed by atoms with Gasteiger partial charge in [0.15, 0.2) is 0 Å². The Kier molecular flexibility index (Phi) is 5.57. The Labute approximate surface area is 124 Å².